The van der Waals surface area contributed by atoms with Crippen molar-refractivity contribution in [3.05, 3.63) is 54.0 Å². The van der Waals surface area contributed by atoms with E-state index in [4.69, 9.17) is 15.6 Å². The number of benzene rings is 1. The molecule has 30 heavy (non-hydrogen) atoms. The zero-order valence-electron chi connectivity index (χ0n) is 16.3. The fourth-order valence-corrected chi connectivity index (χ4v) is 3.54. The van der Waals surface area contributed by atoms with E-state index in [9.17, 15) is 19.5 Å². The molecule has 1 aliphatic heterocycles. The Morgan fingerprint density at radius 1 is 1.30 bits per heavy atom. The van der Waals surface area contributed by atoms with Gasteiger partial charge in [0.1, 0.15) is 11.9 Å². The molecule has 1 fully saturated rings. The summed E-state index contributed by atoms with van der Waals surface area (Å²) < 4.78 is 4.94. The minimum atomic E-state index is -1.15. The monoisotopic (exact) mass is 412 g/mol. The summed E-state index contributed by atoms with van der Waals surface area (Å²) >= 11 is 0. The predicted molar refractivity (Wildman–Crippen MR) is 109 cm³/mol. The molecule has 158 valence electrons. The van der Waals surface area contributed by atoms with Crippen LogP contribution in [0.1, 0.15) is 30.4 Å². The molecule has 9 heteroatoms. The largest absolute Gasteiger partial charge is 0.480 e. The molecule has 0 aliphatic carbocycles. The molecule has 2 atom stereocenters. The van der Waals surface area contributed by atoms with E-state index in [0.717, 1.165) is 6.42 Å². The highest BCUT2D eigenvalue weighted by Crippen LogP contribution is 2.26. The van der Waals surface area contributed by atoms with Crippen LogP contribution < -0.4 is 16.0 Å². The maximum Gasteiger partial charge on any atom is 0.326 e. The van der Waals surface area contributed by atoms with Crippen LogP contribution >= 0.6 is 0 Å². The van der Waals surface area contributed by atoms with Crippen LogP contribution in [0.25, 0.3) is 0 Å². The molecule has 2 aromatic rings. The van der Waals surface area contributed by atoms with E-state index in [2.05, 4.69) is 5.32 Å². The van der Waals surface area contributed by atoms with Crippen LogP contribution in [-0.2, 0) is 20.8 Å². The summed E-state index contributed by atoms with van der Waals surface area (Å²) in [7, 11) is 0. The summed E-state index contributed by atoms with van der Waals surface area (Å²) in [6.45, 7) is 0.536. The maximum absolute atomic E-state index is 12.9. The van der Waals surface area contributed by atoms with Gasteiger partial charge in [0.25, 0.3) is 0 Å². The lowest BCUT2D eigenvalue weighted by molar-refractivity contribution is -0.142. The highest BCUT2D eigenvalue weighted by molar-refractivity contribution is 5.99. The van der Waals surface area contributed by atoms with Crippen LogP contribution in [0.3, 0.4) is 0 Å². The van der Waals surface area contributed by atoms with Crippen molar-refractivity contribution >= 4 is 29.3 Å². The average Bonchev–Trinajstić information content (AvgIpc) is 3.22. The summed E-state index contributed by atoms with van der Waals surface area (Å²) in [5.41, 5.74) is 7.37. The summed E-state index contributed by atoms with van der Waals surface area (Å²) in [5, 5.41) is 19.3. The number of rotatable bonds is 8. The molecular weight excluding hydrogens is 388 g/mol. The van der Waals surface area contributed by atoms with Crippen LogP contribution in [0, 0.1) is 11.3 Å². The lowest BCUT2D eigenvalue weighted by Gasteiger charge is -2.32. The molecule has 2 heterocycles. The molecule has 0 spiro atoms. The number of carboxylic acid groups (broad SMARTS) is 1. The minimum absolute atomic E-state index is 0.0514. The second kappa shape index (κ2) is 9.25. The Balaban J connectivity index is 1.62. The van der Waals surface area contributed by atoms with E-state index in [0.29, 0.717) is 29.8 Å². The van der Waals surface area contributed by atoms with Gasteiger partial charge in [-0.25, -0.2) is 4.79 Å². The van der Waals surface area contributed by atoms with Gasteiger partial charge in [-0.15, -0.1) is 0 Å². The molecule has 1 aromatic heterocycles. The maximum atomic E-state index is 12.9. The molecule has 9 nitrogen and oxygen atoms in total. The number of nitrogens with zero attached hydrogens (tertiary/aromatic N) is 1. The predicted octanol–water partition coefficient (Wildman–Crippen LogP) is 1.51. The van der Waals surface area contributed by atoms with E-state index in [-0.39, 0.29) is 24.6 Å². The number of aliphatic carboxylic acids is 1. The van der Waals surface area contributed by atoms with Crippen LogP contribution in [0.15, 0.2) is 47.3 Å². The molecule has 0 radical (unpaired) electrons. The zero-order chi connectivity index (χ0) is 21.7. The number of hydrogen-bond acceptors (Lipinski definition) is 5. The Hall–Kier alpha value is -3.62. The Morgan fingerprint density at radius 3 is 2.63 bits per heavy atom. The average molecular weight is 412 g/mol. The highest BCUT2D eigenvalue weighted by atomic mass is 16.4. The molecule has 1 aromatic carbocycles. The molecule has 3 rings (SSSR count). The van der Waals surface area contributed by atoms with Crippen LogP contribution in [-0.4, -0.2) is 41.3 Å². The third kappa shape index (κ3) is 5.05. The number of nitrogens with one attached hydrogen (secondary N) is 2. The van der Waals surface area contributed by atoms with E-state index >= 15 is 0 Å². The van der Waals surface area contributed by atoms with Gasteiger partial charge in [-0.2, -0.15) is 0 Å². The van der Waals surface area contributed by atoms with Gasteiger partial charge in [0.15, 0.2) is 0 Å². The fraction of sp³-hybridized carbons (Fsp3) is 0.333. The Morgan fingerprint density at radius 2 is 2.03 bits per heavy atom. The smallest absolute Gasteiger partial charge is 0.326 e. The lowest BCUT2D eigenvalue weighted by Crippen LogP contribution is -2.46. The molecule has 1 saturated heterocycles. The summed E-state index contributed by atoms with van der Waals surface area (Å²) in [6, 6.07) is 7.35. The SMILES string of the molecule is N=C(N)c1ccc(N2CCCC(CC(=O)NC(Cc3ccoc3)C(=O)O)C2=O)cc1. The van der Waals surface area contributed by atoms with Gasteiger partial charge in [0.05, 0.1) is 12.5 Å². The number of anilines is 1. The van der Waals surface area contributed by atoms with Crippen molar-refractivity contribution in [1.82, 2.24) is 5.32 Å². The van der Waals surface area contributed by atoms with E-state index in [1.807, 2.05) is 0 Å². The molecule has 2 unspecified atom stereocenters. The van der Waals surface area contributed by atoms with Crippen molar-refractivity contribution < 1.29 is 23.9 Å². The fourth-order valence-electron chi connectivity index (χ4n) is 3.54. The minimum Gasteiger partial charge on any atom is -0.480 e. The molecular formula is C21H24N4O5. The highest BCUT2D eigenvalue weighted by Gasteiger charge is 2.32. The van der Waals surface area contributed by atoms with Gasteiger partial charge in [0.2, 0.25) is 11.8 Å². The molecule has 0 saturated carbocycles. The van der Waals surface area contributed by atoms with Crippen LogP contribution in [0.5, 0.6) is 0 Å². The first-order chi connectivity index (χ1) is 14.3. The number of amidine groups is 1. The third-order valence-corrected chi connectivity index (χ3v) is 5.12. The lowest BCUT2D eigenvalue weighted by atomic mass is 9.92. The van der Waals surface area contributed by atoms with Gasteiger partial charge in [-0.3, -0.25) is 15.0 Å². The first-order valence-electron chi connectivity index (χ1n) is 9.64. The molecule has 1 aliphatic rings. The van der Waals surface area contributed by atoms with Gasteiger partial charge in [0, 0.05) is 36.6 Å². The molecule has 0 bridgehead atoms. The number of carboxylic acids is 1. The van der Waals surface area contributed by atoms with Gasteiger partial charge >= 0.3 is 5.97 Å². The normalized spacial score (nSPS) is 17.4. The Kier molecular flexibility index (Phi) is 6.51. The van der Waals surface area contributed by atoms with Crippen LogP contribution in [0.2, 0.25) is 0 Å². The van der Waals surface area contributed by atoms with E-state index in [1.54, 1.807) is 35.2 Å². The van der Waals surface area contributed by atoms with Crippen molar-refractivity contribution in [1.29, 1.82) is 5.41 Å². The van der Waals surface area contributed by atoms with Gasteiger partial charge in [-0.1, -0.05) is 0 Å². The van der Waals surface area contributed by atoms with Gasteiger partial charge < -0.3 is 25.5 Å². The van der Waals surface area contributed by atoms with Crippen LogP contribution in [0.4, 0.5) is 5.69 Å². The number of amides is 2. The number of carbonyl (C=O) groups is 3. The quantitative estimate of drug-likeness (QED) is 0.381. The number of nitrogen functional groups attached to an aromatic ring is 1. The van der Waals surface area contributed by atoms with Gasteiger partial charge in [-0.05, 0) is 48.7 Å². The third-order valence-electron chi connectivity index (χ3n) is 5.12. The standard InChI is InChI=1S/C21H24N4O5/c22-19(23)14-3-5-16(6-4-14)25-8-1-2-15(20(25)27)11-18(26)24-17(21(28)29)10-13-7-9-30-12-13/h3-7,9,12,15,17H,1-2,8,10-11H2,(H3,22,23)(H,24,26)(H,28,29). The van der Waals surface area contributed by atoms with E-state index in [1.165, 1.54) is 12.5 Å². The van der Waals surface area contributed by atoms with Crippen molar-refractivity contribution in [3.63, 3.8) is 0 Å². The summed E-state index contributed by atoms with van der Waals surface area (Å²) in [4.78, 5) is 38.5. The van der Waals surface area contributed by atoms with Crippen molar-refractivity contribution in [2.75, 3.05) is 11.4 Å². The van der Waals surface area contributed by atoms with Crippen molar-refractivity contribution in [2.24, 2.45) is 11.7 Å². The summed E-state index contributed by atoms with van der Waals surface area (Å²) in [5.74, 6) is -2.36. The first-order valence-corrected chi connectivity index (χ1v) is 9.64. The number of piperidine rings is 1. The van der Waals surface area contributed by atoms with Crippen molar-refractivity contribution in [3.8, 4) is 0 Å². The summed E-state index contributed by atoms with van der Waals surface area (Å²) in [6.07, 6.45) is 4.19. The second-order valence-electron chi connectivity index (χ2n) is 7.29. The molecule has 5 N–H and O–H groups in total. The van der Waals surface area contributed by atoms with E-state index < -0.39 is 23.8 Å². The second-order valence-corrected chi connectivity index (χ2v) is 7.29. The Labute approximate surface area is 173 Å². The first kappa shape index (κ1) is 21.1. The zero-order valence-corrected chi connectivity index (χ0v) is 16.3. The number of hydrogen-bond donors (Lipinski definition) is 4. The number of furan rings is 1. The number of carbonyl (C=O) groups excluding carboxylic acids is 2. The molecule has 2 amide bonds. The number of nitrogens with two attached hydrogens (primary N) is 1. The van der Waals surface area contributed by atoms with Crippen molar-refractivity contribution in [2.45, 2.75) is 31.7 Å². The Bertz CT molecular complexity index is 923. The topological polar surface area (TPSA) is 150 Å².